The predicted molar refractivity (Wildman–Crippen MR) is 154 cm³/mol. The smallest absolute Gasteiger partial charge is 0.339 e. The van der Waals surface area contributed by atoms with Crippen LogP contribution in [0.25, 0.3) is 0 Å². The van der Waals surface area contributed by atoms with Gasteiger partial charge in [-0.2, -0.15) is 0 Å². The molecule has 0 amide bonds. The van der Waals surface area contributed by atoms with Crippen molar-refractivity contribution in [1.29, 1.82) is 0 Å². The molecule has 6 rings (SSSR count). The maximum atomic E-state index is 13.4. The molecule has 2 saturated heterocycles. The number of aliphatic hydroxyl groups is 3. The molecule has 43 heavy (non-hydrogen) atoms. The van der Waals surface area contributed by atoms with Gasteiger partial charge in [-0.25, -0.2) is 4.79 Å². The van der Waals surface area contributed by atoms with Crippen LogP contribution in [0.2, 0.25) is 0 Å². The van der Waals surface area contributed by atoms with Gasteiger partial charge in [0.2, 0.25) is 5.75 Å². The zero-order valence-electron chi connectivity index (χ0n) is 23.7. The van der Waals surface area contributed by atoms with E-state index < -0.39 is 54.6 Å². The fourth-order valence-electron chi connectivity index (χ4n) is 6.55. The number of piperazine rings is 1. The quantitative estimate of drug-likeness (QED) is 0.255. The van der Waals surface area contributed by atoms with E-state index in [1.54, 1.807) is 0 Å². The third-order valence-electron chi connectivity index (χ3n) is 8.73. The van der Waals surface area contributed by atoms with Crippen molar-refractivity contribution < 1.29 is 44.5 Å². The predicted octanol–water partition coefficient (Wildman–Crippen LogP) is 1.71. The number of phenols is 2. The molecule has 0 unspecified atom stereocenters. The van der Waals surface area contributed by atoms with E-state index in [1.165, 1.54) is 18.2 Å². The van der Waals surface area contributed by atoms with Gasteiger partial charge in [0, 0.05) is 43.9 Å². The summed E-state index contributed by atoms with van der Waals surface area (Å²) in [6.45, 7) is 2.23. The largest absolute Gasteiger partial charge is 0.504 e. The molecule has 0 spiro atoms. The Morgan fingerprint density at radius 1 is 0.907 bits per heavy atom. The van der Waals surface area contributed by atoms with Crippen LogP contribution < -0.4 is 4.74 Å². The van der Waals surface area contributed by atoms with Crippen molar-refractivity contribution in [3.8, 4) is 17.2 Å². The van der Waals surface area contributed by atoms with E-state index in [2.05, 4.69) is 34.1 Å². The third-order valence-corrected chi connectivity index (χ3v) is 8.73. The SMILES string of the molecule is COc1c(O)c(CN2CCN(C(c3ccccc3)c3ccccc3)CC2)c2c(c1O)[C@@H]1O[C@H](CO)[C@@H](O)[C@H](O)[C@@H]1OC2=O. The van der Waals surface area contributed by atoms with Crippen molar-refractivity contribution in [2.75, 3.05) is 39.9 Å². The molecule has 0 aliphatic carbocycles. The van der Waals surface area contributed by atoms with Gasteiger partial charge in [0.05, 0.1) is 25.3 Å². The van der Waals surface area contributed by atoms with Crippen LogP contribution in [0.5, 0.6) is 17.2 Å². The first-order valence-corrected chi connectivity index (χ1v) is 14.4. The molecule has 0 aromatic heterocycles. The van der Waals surface area contributed by atoms with Gasteiger partial charge in [-0.15, -0.1) is 0 Å². The molecule has 3 aliphatic rings. The van der Waals surface area contributed by atoms with Crippen molar-refractivity contribution in [2.24, 2.45) is 0 Å². The minimum absolute atomic E-state index is 0.0119. The van der Waals surface area contributed by atoms with Crippen molar-refractivity contribution in [1.82, 2.24) is 9.80 Å². The second-order valence-corrected chi connectivity index (χ2v) is 11.2. The number of ether oxygens (including phenoxy) is 3. The molecule has 5 N–H and O–H groups in total. The van der Waals surface area contributed by atoms with Crippen LogP contribution in [0.1, 0.15) is 44.8 Å². The zero-order chi connectivity index (χ0) is 30.2. The van der Waals surface area contributed by atoms with Gasteiger partial charge in [0.25, 0.3) is 0 Å². The summed E-state index contributed by atoms with van der Waals surface area (Å²) in [4.78, 5) is 17.9. The Morgan fingerprint density at radius 3 is 2.07 bits per heavy atom. The van der Waals surface area contributed by atoms with Crippen LogP contribution in [0.4, 0.5) is 0 Å². The monoisotopic (exact) mass is 592 g/mol. The van der Waals surface area contributed by atoms with Crippen molar-refractivity contribution >= 4 is 5.97 Å². The number of rotatable bonds is 7. The van der Waals surface area contributed by atoms with Crippen LogP contribution in [0.15, 0.2) is 60.7 Å². The van der Waals surface area contributed by atoms with E-state index in [9.17, 15) is 30.3 Å². The number of carbonyl (C=O) groups excluding carboxylic acids is 1. The van der Waals surface area contributed by atoms with Gasteiger partial charge in [0.1, 0.15) is 24.4 Å². The lowest BCUT2D eigenvalue weighted by molar-refractivity contribution is -0.235. The van der Waals surface area contributed by atoms with Crippen molar-refractivity contribution in [2.45, 2.75) is 43.1 Å². The van der Waals surface area contributed by atoms with Gasteiger partial charge < -0.3 is 39.7 Å². The van der Waals surface area contributed by atoms with Crippen molar-refractivity contribution in [3.05, 3.63) is 88.5 Å². The molecule has 0 saturated carbocycles. The van der Waals surface area contributed by atoms with E-state index in [-0.39, 0.29) is 35.0 Å². The summed E-state index contributed by atoms with van der Waals surface area (Å²) in [6.07, 6.45) is -6.79. The summed E-state index contributed by atoms with van der Waals surface area (Å²) in [5, 5.41) is 53.0. The number of esters is 1. The van der Waals surface area contributed by atoms with Crippen LogP contribution in [0.3, 0.4) is 0 Å². The molecular weight excluding hydrogens is 556 g/mol. The molecule has 3 heterocycles. The fraction of sp³-hybridized carbons (Fsp3) is 0.406. The van der Waals surface area contributed by atoms with Crippen LogP contribution >= 0.6 is 0 Å². The normalized spacial score (nSPS) is 26.1. The first-order valence-electron chi connectivity index (χ1n) is 14.4. The molecule has 5 atom stereocenters. The van der Waals surface area contributed by atoms with E-state index >= 15 is 0 Å². The first kappa shape index (κ1) is 29.4. The average molecular weight is 593 g/mol. The Hall–Kier alpha value is -3.71. The van der Waals surface area contributed by atoms with Gasteiger partial charge >= 0.3 is 5.97 Å². The lowest BCUT2D eigenvalue weighted by Crippen LogP contribution is -2.58. The Balaban J connectivity index is 1.29. The Morgan fingerprint density at radius 2 is 1.51 bits per heavy atom. The van der Waals surface area contributed by atoms with E-state index in [4.69, 9.17) is 14.2 Å². The topological polar surface area (TPSA) is 152 Å². The van der Waals surface area contributed by atoms with Crippen molar-refractivity contribution in [3.63, 3.8) is 0 Å². The molecule has 0 radical (unpaired) electrons. The Kier molecular flexibility index (Phi) is 8.27. The average Bonchev–Trinajstić information content (AvgIpc) is 3.03. The summed E-state index contributed by atoms with van der Waals surface area (Å²) in [5.74, 6) is -2.02. The number of fused-ring (bicyclic) bond motifs is 3. The second kappa shape index (κ2) is 12.1. The van der Waals surface area contributed by atoms with Gasteiger partial charge in [0.15, 0.2) is 17.6 Å². The zero-order valence-corrected chi connectivity index (χ0v) is 23.7. The lowest BCUT2D eigenvalue weighted by Gasteiger charge is -2.45. The summed E-state index contributed by atoms with van der Waals surface area (Å²) < 4.78 is 16.7. The van der Waals surface area contributed by atoms with Gasteiger partial charge in [-0.1, -0.05) is 60.7 Å². The number of aromatic hydroxyl groups is 2. The van der Waals surface area contributed by atoms with Crippen LogP contribution in [-0.2, 0) is 16.0 Å². The molecule has 228 valence electrons. The van der Waals surface area contributed by atoms with E-state index in [0.717, 1.165) is 0 Å². The number of benzene rings is 3. The Bertz CT molecular complexity index is 1410. The molecule has 3 aromatic rings. The third kappa shape index (κ3) is 5.22. The minimum atomic E-state index is -1.56. The van der Waals surface area contributed by atoms with Crippen LogP contribution in [-0.4, -0.2) is 106 Å². The number of aliphatic hydroxyl groups excluding tert-OH is 3. The molecule has 3 aliphatic heterocycles. The summed E-state index contributed by atoms with van der Waals surface area (Å²) in [7, 11) is 1.28. The van der Waals surface area contributed by atoms with Crippen LogP contribution in [0, 0.1) is 0 Å². The number of methoxy groups -OCH3 is 1. The van der Waals surface area contributed by atoms with E-state index in [1.807, 2.05) is 36.4 Å². The Labute approximate surface area is 249 Å². The fourth-order valence-corrected chi connectivity index (χ4v) is 6.55. The second-order valence-electron chi connectivity index (χ2n) is 11.2. The highest BCUT2D eigenvalue weighted by Gasteiger charge is 2.53. The molecule has 11 nitrogen and oxygen atoms in total. The molecule has 2 fully saturated rings. The summed E-state index contributed by atoms with van der Waals surface area (Å²) in [5.41, 5.74) is 2.49. The number of hydrogen-bond acceptors (Lipinski definition) is 11. The standard InChI is InChI=1S/C32H36N2O9/c1-41-30-25(36)20(22-23(27(30)38)29-31(43-32(22)40)28(39)26(37)21(17-35)42-29)16-33-12-14-34(15-13-33)24(18-8-4-2-5-9-18)19-10-6-3-7-11-19/h2-11,21,24,26,28-29,31,35-39H,12-17H2,1H3/t21-,26-,28+,29+,31+/m1/s1. The molecule has 0 bridgehead atoms. The molecule has 11 heteroatoms. The first-order chi connectivity index (χ1) is 20.8. The number of nitrogens with zero attached hydrogens (tertiary/aromatic N) is 2. The van der Waals surface area contributed by atoms with Gasteiger partial charge in [-0.05, 0) is 11.1 Å². The summed E-state index contributed by atoms with van der Waals surface area (Å²) >= 11 is 0. The van der Waals surface area contributed by atoms with E-state index in [0.29, 0.717) is 26.2 Å². The number of phenolic OH excluding ortho intramolecular Hbond substituents is 2. The molecular formula is C32H36N2O9. The summed E-state index contributed by atoms with van der Waals surface area (Å²) in [6, 6.07) is 20.7. The van der Waals surface area contributed by atoms with Gasteiger partial charge in [-0.3, -0.25) is 9.80 Å². The number of carbonyl (C=O) groups is 1. The lowest BCUT2D eigenvalue weighted by atomic mass is 9.84. The molecule has 3 aromatic carbocycles. The number of hydrogen-bond donors (Lipinski definition) is 5. The maximum absolute atomic E-state index is 13.4. The maximum Gasteiger partial charge on any atom is 0.339 e. The minimum Gasteiger partial charge on any atom is -0.504 e. The highest BCUT2D eigenvalue weighted by Crippen LogP contribution is 2.52. The highest BCUT2D eigenvalue weighted by atomic mass is 16.6. The highest BCUT2D eigenvalue weighted by molar-refractivity contribution is 5.97.